The number of anilines is 2. The molecule has 0 aliphatic carbocycles. The zero-order chi connectivity index (χ0) is 22.0. The van der Waals surface area contributed by atoms with Gasteiger partial charge in [0.2, 0.25) is 17.8 Å². The van der Waals surface area contributed by atoms with Gasteiger partial charge in [0.05, 0.1) is 31.4 Å². The number of hydrogen-bond acceptors (Lipinski definition) is 6. The number of H-pyrrole nitrogens is 1. The van der Waals surface area contributed by atoms with Gasteiger partial charge in [-0.3, -0.25) is 20.0 Å². The van der Waals surface area contributed by atoms with Crippen molar-refractivity contribution in [2.75, 3.05) is 31.0 Å². The molecule has 0 radical (unpaired) electrons. The monoisotopic (exact) mass is 441 g/mol. The molecule has 1 fully saturated rings. The van der Waals surface area contributed by atoms with Crippen LogP contribution in [0.3, 0.4) is 0 Å². The van der Waals surface area contributed by atoms with Crippen LogP contribution in [0.5, 0.6) is 11.5 Å². The quantitative estimate of drug-likeness (QED) is 0.608. The summed E-state index contributed by atoms with van der Waals surface area (Å²) in [7, 11) is 3.08. The number of methoxy groups -OCH3 is 2. The molecule has 0 bridgehead atoms. The van der Waals surface area contributed by atoms with Crippen molar-refractivity contribution in [2.45, 2.75) is 6.42 Å². The van der Waals surface area contributed by atoms with Gasteiger partial charge in [-0.05, 0) is 30.3 Å². The largest absolute Gasteiger partial charge is 0.496 e. The minimum absolute atomic E-state index is 0.0608. The molecular formula is C21H20ClN5O4. The first kappa shape index (κ1) is 20.7. The number of aromatic amines is 1. The lowest BCUT2D eigenvalue weighted by Crippen LogP contribution is -2.28. The second kappa shape index (κ2) is 8.65. The molecule has 2 aromatic carbocycles. The van der Waals surface area contributed by atoms with E-state index in [9.17, 15) is 9.59 Å². The van der Waals surface area contributed by atoms with E-state index < -0.39 is 5.92 Å². The van der Waals surface area contributed by atoms with Crippen LogP contribution >= 0.6 is 11.6 Å². The Bertz CT molecular complexity index is 1130. The first-order valence-corrected chi connectivity index (χ1v) is 9.88. The van der Waals surface area contributed by atoms with E-state index in [1.165, 1.54) is 12.0 Å². The number of nitrogens with zero attached hydrogens (tertiary/aromatic N) is 3. The SMILES string of the molecule is COc1ccccc1-c1nc(NC(=O)[C@H]2CC(=O)N(c3cc(Cl)ccc3OC)C2)n[nH]1. The molecule has 1 aliphatic heterocycles. The highest BCUT2D eigenvalue weighted by Gasteiger charge is 2.36. The average molecular weight is 442 g/mol. The Morgan fingerprint density at radius 3 is 2.74 bits per heavy atom. The van der Waals surface area contributed by atoms with Crippen molar-refractivity contribution in [3.63, 3.8) is 0 Å². The average Bonchev–Trinajstić information content (AvgIpc) is 3.40. The summed E-state index contributed by atoms with van der Waals surface area (Å²) in [5.41, 5.74) is 1.25. The molecule has 1 aliphatic rings. The number of carbonyl (C=O) groups is 2. The van der Waals surface area contributed by atoms with Crippen molar-refractivity contribution >= 4 is 35.1 Å². The molecular weight excluding hydrogens is 422 g/mol. The van der Waals surface area contributed by atoms with Crippen LogP contribution in [0.4, 0.5) is 11.6 Å². The summed E-state index contributed by atoms with van der Waals surface area (Å²) >= 11 is 6.08. The molecule has 3 aromatic rings. The van der Waals surface area contributed by atoms with Crippen LogP contribution < -0.4 is 19.7 Å². The number of amides is 2. The van der Waals surface area contributed by atoms with Gasteiger partial charge in [-0.1, -0.05) is 23.7 Å². The number of para-hydroxylation sites is 1. The standard InChI is InChI=1S/C21H20ClN5O4/c1-30-16-6-4-3-5-14(16)19-23-21(26-25-19)24-20(29)12-9-18(28)27(11-12)15-10-13(22)7-8-17(15)31-2/h3-8,10,12H,9,11H2,1-2H3,(H2,23,24,25,26,29)/t12-/m0/s1. The number of nitrogens with one attached hydrogen (secondary N) is 2. The third-order valence-corrected chi connectivity index (χ3v) is 5.25. The molecule has 0 spiro atoms. The lowest BCUT2D eigenvalue weighted by molar-refractivity contribution is -0.122. The zero-order valence-electron chi connectivity index (χ0n) is 16.9. The summed E-state index contributed by atoms with van der Waals surface area (Å²) in [6.45, 7) is 0.200. The van der Waals surface area contributed by atoms with Gasteiger partial charge >= 0.3 is 0 Å². The van der Waals surface area contributed by atoms with Gasteiger partial charge in [0, 0.05) is 18.0 Å². The molecule has 2 heterocycles. The fourth-order valence-corrected chi connectivity index (χ4v) is 3.65. The Morgan fingerprint density at radius 1 is 1.19 bits per heavy atom. The zero-order valence-corrected chi connectivity index (χ0v) is 17.6. The number of ether oxygens (including phenoxy) is 2. The van der Waals surface area contributed by atoms with Crippen molar-refractivity contribution in [1.82, 2.24) is 15.2 Å². The summed E-state index contributed by atoms with van der Waals surface area (Å²) < 4.78 is 10.7. The van der Waals surface area contributed by atoms with Crippen LogP contribution in [-0.4, -0.2) is 47.8 Å². The number of hydrogen-bond donors (Lipinski definition) is 2. The van der Waals surface area contributed by atoms with Gasteiger partial charge in [0.1, 0.15) is 11.5 Å². The van der Waals surface area contributed by atoms with Crippen LogP contribution in [0.1, 0.15) is 6.42 Å². The molecule has 1 atom stereocenters. The summed E-state index contributed by atoms with van der Waals surface area (Å²) in [5.74, 6) is 0.619. The van der Waals surface area contributed by atoms with Gasteiger partial charge in [-0.15, -0.1) is 5.10 Å². The smallest absolute Gasteiger partial charge is 0.249 e. The van der Waals surface area contributed by atoms with Crippen LogP contribution in [0, 0.1) is 5.92 Å². The molecule has 10 heteroatoms. The van der Waals surface area contributed by atoms with Crippen LogP contribution in [0.2, 0.25) is 5.02 Å². The van der Waals surface area contributed by atoms with Crippen molar-refractivity contribution in [3.8, 4) is 22.9 Å². The minimum Gasteiger partial charge on any atom is -0.496 e. The van der Waals surface area contributed by atoms with Crippen LogP contribution in [-0.2, 0) is 9.59 Å². The summed E-state index contributed by atoms with van der Waals surface area (Å²) in [5, 5.41) is 10.00. The van der Waals surface area contributed by atoms with Gasteiger partial charge < -0.3 is 14.4 Å². The number of carbonyl (C=O) groups excluding carboxylic acids is 2. The van der Waals surface area contributed by atoms with Gasteiger partial charge in [0.25, 0.3) is 0 Å². The maximum atomic E-state index is 12.8. The van der Waals surface area contributed by atoms with E-state index in [0.717, 1.165) is 0 Å². The molecule has 9 nitrogen and oxygen atoms in total. The van der Waals surface area contributed by atoms with E-state index >= 15 is 0 Å². The Balaban J connectivity index is 1.48. The second-order valence-corrected chi connectivity index (χ2v) is 7.36. The first-order valence-electron chi connectivity index (χ1n) is 9.50. The molecule has 31 heavy (non-hydrogen) atoms. The van der Waals surface area contributed by atoms with Crippen LogP contribution in [0.25, 0.3) is 11.4 Å². The summed E-state index contributed by atoms with van der Waals surface area (Å²) in [6.07, 6.45) is 0.0608. The van der Waals surface area contributed by atoms with Crippen molar-refractivity contribution < 1.29 is 19.1 Å². The molecule has 1 saturated heterocycles. The predicted octanol–water partition coefficient (Wildman–Crippen LogP) is 3.13. The molecule has 160 valence electrons. The normalized spacial score (nSPS) is 15.8. The highest BCUT2D eigenvalue weighted by Crippen LogP contribution is 2.35. The lowest BCUT2D eigenvalue weighted by atomic mass is 10.1. The van der Waals surface area contributed by atoms with E-state index in [4.69, 9.17) is 21.1 Å². The van der Waals surface area contributed by atoms with E-state index in [0.29, 0.717) is 33.6 Å². The number of benzene rings is 2. The highest BCUT2D eigenvalue weighted by atomic mass is 35.5. The number of halogens is 1. The van der Waals surface area contributed by atoms with E-state index in [1.54, 1.807) is 31.4 Å². The molecule has 1 aromatic heterocycles. The van der Waals surface area contributed by atoms with Crippen molar-refractivity contribution in [2.24, 2.45) is 5.92 Å². The topological polar surface area (TPSA) is 109 Å². The third kappa shape index (κ3) is 4.17. The van der Waals surface area contributed by atoms with E-state index in [-0.39, 0.29) is 30.7 Å². The molecule has 0 saturated carbocycles. The highest BCUT2D eigenvalue weighted by molar-refractivity contribution is 6.31. The fourth-order valence-electron chi connectivity index (χ4n) is 3.48. The van der Waals surface area contributed by atoms with Crippen LogP contribution in [0.15, 0.2) is 42.5 Å². The summed E-state index contributed by atoms with van der Waals surface area (Å²) in [4.78, 5) is 31.2. The molecule has 0 unspecified atom stereocenters. The molecule has 4 rings (SSSR count). The number of aromatic nitrogens is 3. The summed E-state index contributed by atoms with van der Waals surface area (Å²) in [6, 6.07) is 12.3. The van der Waals surface area contributed by atoms with Gasteiger partial charge in [-0.2, -0.15) is 4.98 Å². The number of rotatable bonds is 6. The van der Waals surface area contributed by atoms with Gasteiger partial charge in [0.15, 0.2) is 5.82 Å². The molecule has 2 amide bonds. The fraction of sp³-hybridized carbons (Fsp3) is 0.238. The minimum atomic E-state index is -0.565. The van der Waals surface area contributed by atoms with Gasteiger partial charge in [-0.25, -0.2) is 0 Å². The first-order chi connectivity index (χ1) is 15.0. The Morgan fingerprint density at radius 2 is 1.97 bits per heavy atom. The maximum Gasteiger partial charge on any atom is 0.249 e. The van der Waals surface area contributed by atoms with Crippen molar-refractivity contribution in [1.29, 1.82) is 0 Å². The molecule has 2 N–H and O–H groups in total. The third-order valence-electron chi connectivity index (χ3n) is 5.01. The Hall–Kier alpha value is -3.59. The van der Waals surface area contributed by atoms with E-state index in [2.05, 4.69) is 20.5 Å². The Kier molecular flexibility index (Phi) is 5.77. The maximum absolute atomic E-state index is 12.8. The lowest BCUT2D eigenvalue weighted by Gasteiger charge is -2.19. The second-order valence-electron chi connectivity index (χ2n) is 6.92. The Labute approximate surface area is 183 Å². The predicted molar refractivity (Wildman–Crippen MR) is 115 cm³/mol. The van der Waals surface area contributed by atoms with E-state index in [1.807, 2.05) is 18.2 Å². The van der Waals surface area contributed by atoms with Crippen molar-refractivity contribution in [3.05, 3.63) is 47.5 Å².